The molecule has 4 aromatic carbocycles. The summed E-state index contributed by atoms with van der Waals surface area (Å²) in [7, 11) is 0. The van der Waals surface area contributed by atoms with Gasteiger partial charge in [-0.1, -0.05) is 65.0 Å². The number of carbonyl (C=O) groups is 3. The Kier molecular flexibility index (Phi) is 16.1. The van der Waals surface area contributed by atoms with Crippen LogP contribution in [0.5, 0.6) is 17.2 Å². The van der Waals surface area contributed by atoms with Gasteiger partial charge >= 0.3 is 17.9 Å². The van der Waals surface area contributed by atoms with E-state index in [1.165, 1.54) is 5.56 Å². The number of hydrogen-bond donors (Lipinski definition) is 0. The molecule has 0 saturated heterocycles. The fraction of sp³-hybridized carbons (Fsp3) is 0.372. The van der Waals surface area contributed by atoms with Crippen LogP contribution in [0.4, 0.5) is 11.4 Å². The molecule has 0 aliphatic rings. The third kappa shape index (κ3) is 13.1. The van der Waals surface area contributed by atoms with Crippen LogP contribution in [0, 0.1) is 12.8 Å². The van der Waals surface area contributed by atoms with E-state index < -0.39 is 11.9 Å². The maximum Gasteiger partial charge on any atom is 0.343 e. The van der Waals surface area contributed by atoms with Gasteiger partial charge in [-0.25, -0.2) is 9.59 Å². The second-order valence-electron chi connectivity index (χ2n) is 12.8. The fourth-order valence-corrected chi connectivity index (χ4v) is 5.20. The van der Waals surface area contributed by atoms with Crippen molar-refractivity contribution in [2.24, 2.45) is 16.1 Å². The number of unbranched alkanes of at least 4 members (excludes halogenated alkanes) is 5. The van der Waals surface area contributed by atoms with Crippen LogP contribution in [0.1, 0.15) is 104 Å². The number of ether oxygens (including phenoxy) is 4. The molecule has 52 heavy (non-hydrogen) atoms. The molecule has 0 amide bonds. The van der Waals surface area contributed by atoms with Crippen LogP contribution in [-0.4, -0.2) is 31.1 Å². The minimum atomic E-state index is -0.533. The van der Waals surface area contributed by atoms with Crippen LogP contribution in [0.25, 0.3) is 0 Å². The number of rotatable bonds is 20. The van der Waals surface area contributed by atoms with Gasteiger partial charge < -0.3 is 18.9 Å². The number of nitrogens with zero attached hydrogens (tertiary/aromatic N) is 2. The van der Waals surface area contributed by atoms with Gasteiger partial charge in [-0.15, -0.1) is 0 Å². The van der Waals surface area contributed by atoms with E-state index in [-0.39, 0.29) is 11.9 Å². The molecular weight excluding hydrogens is 656 g/mol. The van der Waals surface area contributed by atoms with Gasteiger partial charge in [-0.2, -0.15) is 10.2 Å². The van der Waals surface area contributed by atoms with Gasteiger partial charge in [0.25, 0.3) is 0 Å². The normalized spacial score (nSPS) is 11.6. The molecule has 0 N–H and O–H groups in total. The summed E-state index contributed by atoms with van der Waals surface area (Å²) in [5.41, 5.74) is 4.13. The van der Waals surface area contributed by atoms with Gasteiger partial charge in [0.2, 0.25) is 0 Å². The third-order valence-electron chi connectivity index (χ3n) is 8.57. The van der Waals surface area contributed by atoms with E-state index >= 15 is 0 Å². The maximum atomic E-state index is 12.8. The summed E-state index contributed by atoms with van der Waals surface area (Å²) in [5, 5.41) is 8.63. The lowest BCUT2D eigenvalue weighted by Gasteiger charge is -2.09. The first kappa shape index (κ1) is 39.5. The van der Waals surface area contributed by atoms with Crippen molar-refractivity contribution in [2.45, 2.75) is 85.5 Å². The highest BCUT2D eigenvalue weighted by Gasteiger charge is 2.14. The summed E-state index contributed by atoms with van der Waals surface area (Å²) >= 11 is 0. The van der Waals surface area contributed by atoms with Gasteiger partial charge in [0, 0.05) is 0 Å². The lowest BCUT2D eigenvalue weighted by atomic mass is 10.1. The Bertz CT molecular complexity index is 1750. The number of aryl methyl sites for hydroxylation is 2. The third-order valence-corrected chi connectivity index (χ3v) is 8.57. The summed E-state index contributed by atoms with van der Waals surface area (Å²) in [5.74, 6) is 0.230. The van der Waals surface area contributed by atoms with Crippen LogP contribution in [-0.2, 0) is 16.0 Å². The molecule has 0 radical (unpaired) electrons. The Morgan fingerprint density at radius 3 is 1.81 bits per heavy atom. The number of carbonyl (C=O) groups excluding carboxylic acids is 3. The van der Waals surface area contributed by atoms with Crippen molar-refractivity contribution in [3.63, 3.8) is 0 Å². The Morgan fingerprint density at radius 2 is 1.19 bits per heavy atom. The van der Waals surface area contributed by atoms with E-state index in [0.29, 0.717) is 47.3 Å². The minimum Gasteiger partial charge on any atom is -0.494 e. The first-order valence-corrected chi connectivity index (χ1v) is 18.3. The topological polar surface area (TPSA) is 113 Å². The molecule has 0 aromatic heterocycles. The molecule has 4 rings (SSSR count). The van der Waals surface area contributed by atoms with Crippen molar-refractivity contribution in [1.29, 1.82) is 0 Å². The lowest BCUT2D eigenvalue weighted by Crippen LogP contribution is -2.14. The van der Waals surface area contributed by atoms with Crippen molar-refractivity contribution in [3.8, 4) is 17.2 Å². The van der Waals surface area contributed by atoms with Gasteiger partial charge in [-0.3, -0.25) is 4.79 Å². The highest BCUT2D eigenvalue weighted by molar-refractivity contribution is 5.93. The van der Waals surface area contributed by atoms with E-state index in [2.05, 4.69) is 29.3 Å². The predicted octanol–water partition coefficient (Wildman–Crippen LogP) is 11.1. The van der Waals surface area contributed by atoms with Gasteiger partial charge in [0.15, 0.2) is 0 Å². The molecule has 0 heterocycles. The summed E-state index contributed by atoms with van der Waals surface area (Å²) in [6.45, 7) is 8.96. The highest BCUT2D eigenvalue weighted by atomic mass is 16.5. The monoisotopic (exact) mass is 706 g/mol. The molecular formula is C43H50N2O7. The van der Waals surface area contributed by atoms with Crippen molar-refractivity contribution >= 4 is 29.3 Å². The molecule has 0 saturated carbocycles. The van der Waals surface area contributed by atoms with E-state index in [4.69, 9.17) is 18.9 Å². The van der Waals surface area contributed by atoms with Crippen molar-refractivity contribution in [3.05, 3.63) is 113 Å². The van der Waals surface area contributed by atoms with Crippen molar-refractivity contribution in [1.82, 2.24) is 0 Å². The SMILES string of the molecule is CCCc1ccc(N=Nc2ccc(OC(=O)c3ccc(OC(=O)c4ccc(OCCCCCCCCOC(=O)C(C)CC)cc4)cc3)c(C)c2)cc1. The largest absolute Gasteiger partial charge is 0.494 e. The van der Waals surface area contributed by atoms with Crippen LogP contribution in [0.3, 0.4) is 0 Å². The Hall–Kier alpha value is -5.31. The molecule has 4 aromatic rings. The average Bonchev–Trinajstić information content (AvgIpc) is 3.16. The molecule has 0 spiro atoms. The molecule has 0 aliphatic carbocycles. The maximum absolute atomic E-state index is 12.8. The second-order valence-corrected chi connectivity index (χ2v) is 12.8. The van der Waals surface area contributed by atoms with Gasteiger partial charge in [0.1, 0.15) is 17.2 Å². The van der Waals surface area contributed by atoms with Crippen LogP contribution in [0.15, 0.2) is 101 Å². The molecule has 0 bridgehead atoms. The lowest BCUT2D eigenvalue weighted by molar-refractivity contribution is -0.148. The van der Waals surface area contributed by atoms with Crippen molar-refractivity contribution < 1.29 is 33.3 Å². The van der Waals surface area contributed by atoms with Crippen LogP contribution < -0.4 is 14.2 Å². The quantitative estimate of drug-likeness (QED) is 0.0389. The standard InChI is InChI=1S/C43H50N2O7/c1-5-13-33-14-20-36(21-15-33)44-45-37-22-27-40(32(4)30-37)52-43(48)35-18-25-39(26-19-35)51-42(47)34-16-23-38(24-17-34)49-28-11-9-7-8-10-12-29-50-41(46)31(3)6-2/h14-27,30-31H,5-13,28-29H2,1-4H3. The van der Waals surface area contributed by atoms with Crippen LogP contribution >= 0.6 is 0 Å². The van der Waals surface area contributed by atoms with E-state index in [1.807, 2.05) is 39.0 Å². The summed E-state index contributed by atoms with van der Waals surface area (Å²) in [6, 6.07) is 26.3. The van der Waals surface area contributed by atoms with Crippen LogP contribution in [0.2, 0.25) is 0 Å². The molecule has 9 nitrogen and oxygen atoms in total. The Morgan fingerprint density at radius 1 is 0.635 bits per heavy atom. The number of esters is 3. The predicted molar refractivity (Wildman–Crippen MR) is 202 cm³/mol. The first-order valence-electron chi connectivity index (χ1n) is 18.3. The van der Waals surface area contributed by atoms with Crippen molar-refractivity contribution in [2.75, 3.05) is 13.2 Å². The Balaban J connectivity index is 1.14. The number of benzene rings is 4. The molecule has 0 fully saturated rings. The first-order chi connectivity index (χ1) is 25.2. The zero-order valence-electron chi connectivity index (χ0n) is 30.8. The summed E-state index contributed by atoms with van der Waals surface area (Å²) in [4.78, 5) is 37.3. The number of hydrogen-bond acceptors (Lipinski definition) is 9. The Labute approximate surface area is 307 Å². The molecule has 1 unspecified atom stereocenters. The van der Waals surface area contributed by atoms with Gasteiger partial charge in [-0.05, 0) is 123 Å². The minimum absolute atomic E-state index is 0.0271. The molecule has 9 heteroatoms. The average molecular weight is 707 g/mol. The highest BCUT2D eigenvalue weighted by Crippen LogP contribution is 2.27. The summed E-state index contributed by atoms with van der Waals surface area (Å²) < 4.78 is 22.2. The zero-order chi connectivity index (χ0) is 37.1. The van der Waals surface area contributed by atoms with Gasteiger partial charge in [0.05, 0.1) is 41.6 Å². The molecule has 274 valence electrons. The molecule has 0 aliphatic heterocycles. The fourth-order valence-electron chi connectivity index (χ4n) is 5.20. The zero-order valence-corrected chi connectivity index (χ0v) is 30.8. The van der Waals surface area contributed by atoms with E-state index in [9.17, 15) is 14.4 Å². The molecule has 1 atom stereocenters. The number of azo groups is 1. The van der Waals surface area contributed by atoms with E-state index in [0.717, 1.165) is 69.0 Å². The smallest absolute Gasteiger partial charge is 0.343 e. The van der Waals surface area contributed by atoms with E-state index in [1.54, 1.807) is 60.7 Å². The summed E-state index contributed by atoms with van der Waals surface area (Å²) in [6.07, 6.45) is 9.07. The second kappa shape index (κ2) is 21.1.